The average molecular weight is 526 g/mol. The van der Waals surface area contributed by atoms with Crippen LogP contribution in [0.2, 0.25) is 0 Å². The topological polar surface area (TPSA) is 108 Å². The van der Waals surface area contributed by atoms with E-state index in [1.807, 2.05) is 82.3 Å². The van der Waals surface area contributed by atoms with Crippen molar-refractivity contribution in [2.45, 2.75) is 91.1 Å². The molecule has 0 aliphatic rings. The molecule has 38 heavy (non-hydrogen) atoms. The van der Waals surface area contributed by atoms with Crippen molar-refractivity contribution in [2.24, 2.45) is 0 Å². The average Bonchev–Trinajstić information content (AvgIpc) is 2.88. The van der Waals surface area contributed by atoms with E-state index in [-0.39, 0.29) is 12.5 Å². The molecular weight excluding hydrogens is 482 g/mol. The van der Waals surface area contributed by atoms with E-state index in [0.717, 1.165) is 17.5 Å². The lowest BCUT2D eigenvalue weighted by atomic mass is 9.91. The van der Waals surface area contributed by atoms with Crippen LogP contribution in [0.15, 0.2) is 54.6 Å². The summed E-state index contributed by atoms with van der Waals surface area (Å²) < 4.78 is 5.31. The second kappa shape index (κ2) is 13.4. The van der Waals surface area contributed by atoms with E-state index in [9.17, 15) is 19.5 Å². The number of nitrogens with zero attached hydrogens (tertiary/aromatic N) is 1. The number of hydrogen-bond acceptors (Lipinski definition) is 5. The quantitative estimate of drug-likeness (QED) is 0.400. The van der Waals surface area contributed by atoms with Crippen molar-refractivity contribution in [1.29, 1.82) is 0 Å². The summed E-state index contributed by atoms with van der Waals surface area (Å²) in [4.78, 5) is 41.8. The molecule has 0 bridgehead atoms. The van der Waals surface area contributed by atoms with Crippen LogP contribution in [0.5, 0.6) is 0 Å². The number of rotatable bonds is 11. The predicted octanol–water partition coefficient (Wildman–Crippen LogP) is 4.51. The zero-order chi connectivity index (χ0) is 28.5. The third-order valence-corrected chi connectivity index (χ3v) is 6.45. The Kier molecular flexibility index (Phi) is 10.9. The molecule has 2 atom stereocenters. The third kappa shape index (κ3) is 8.58. The largest absolute Gasteiger partial charge is 0.444 e. The zero-order valence-electron chi connectivity index (χ0n) is 23.7. The lowest BCUT2D eigenvalue weighted by molar-refractivity contribution is -0.150. The first-order valence-electron chi connectivity index (χ1n) is 13.2. The molecule has 0 fully saturated rings. The van der Waals surface area contributed by atoms with Gasteiger partial charge in [-0.05, 0) is 64.2 Å². The number of carbonyl (C=O) groups is 3. The molecule has 0 aliphatic heterocycles. The lowest BCUT2D eigenvalue weighted by Gasteiger charge is -2.44. The Bertz CT molecular complexity index is 1060. The maximum absolute atomic E-state index is 14.0. The fraction of sp³-hybridized carbons (Fsp3) is 0.500. The number of aliphatic hydroxyl groups is 1. The molecule has 208 valence electrons. The van der Waals surface area contributed by atoms with Gasteiger partial charge in [0.25, 0.3) is 0 Å². The highest BCUT2D eigenvalue weighted by molar-refractivity contribution is 5.92. The van der Waals surface area contributed by atoms with Crippen molar-refractivity contribution in [2.75, 3.05) is 6.61 Å². The van der Waals surface area contributed by atoms with Crippen LogP contribution in [0.3, 0.4) is 0 Å². The van der Waals surface area contributed by atoms with Crippen LogP contribution in [0.4, 0.5) is 4.79 Å². The first kappa shape index (κ1) is 30.8. The molecule has 2 unspecified atom stereocenters. The van der Waals surface area contributed by atoms with Gasteiger partial charge in [-0.1, -0.05) is 68.4 Å². The Morgan fingerprint density at radius 1 is 0.921 bits per heavy atom. The molecule has 2 aromatic carbocycles. The summed E-state index contributed by atoms with van der Waals surface area (Å²) in [6.45, 7) is 12.5. The summed E-state index contributed by atoms with van der Waals surface area (Å²) in [5, 5.41) is 15.6. The van der Waals surface area contributed by atoms with Gasteiger partial charge in [0, 0.05) is 12.1 Å². The van der Waals surface area contributed by atoms with Crippen LogP contribution in [0, 0.1) is 0 Å². The van der Waals surface area contributed by atoms with Crippen molar-refractivity contribution in [3.8, 4) is 0 Å². The highest BCUT2D eigenvalue weighted by atomic mass is 16.6. The summed E-state index contributed by atoms with van der Waals surface area (Å²) in [6, 6.07) is 14.8. The molecule has 0 radical (unpaired) electrons. The third-order valence-electron chi connectivity index (χ3n) is 6.45. The molecule has 0 saturated heterocycles. The van der Waals surface area contributed by atoms with Crippen LogP contribution >= 0.6 is 0 Å². The molecule has 0 spiro atoms. The van der Waals surface area contributed by atoms with Crippen LogP contribution < -0.4 is 10.6 Å². The van der Waals surface area contributed by atoms with Crippen LogP contribution in [0.25, 0.3) is 0 Å². The summed E-state index contributed by atoms with van der Waals surface area (Å²) in [5.41, 5.74) is 1.09. The van der Waals surface area contributed by atoms with Gasteiger partial charge < -0.3 is 25.4 Å². The van der Waals surface area contributed by atoms with Crippen LogP contribution in [0.1, 0.15) is 77.6 Å². The second-order valence-corrected chi connectivity index (χ2v) is 11.0. The Morgan fingerprint density at radius 3 is 2.03 bits per heavy atom. The van der Waals surface area contributed by atoms with Gasteiger partial charge in [0.1, 0.15) is 17.7 Å². The van der Waals surface area contributed by atoms with Gasteiger partial charge >= 0.3 is 6.09 Å². The first-order chi connectivity index (χ1) is 17.8. The maximum atomic E-state index is 14.0. The molecule has 2 rings (SSSR count). The molecule has 0 heterocycles. The standard InChI is InChI=1S/C30H43N3O5/c1-8-21-15-17-23(18-16-21)25(26(35)31-19-22-13-11-10-12-14-22)33(30(6,7)9-2)27(36)24(20-34)32-28(37)38-29(3,4)5/h10-18,24-25,34H,8-9,19-20H2,1-7H3,(H,31,35)(H,32,37). The van der Waals surface area contributed by atoms with Gasteiger partial charge in [0.2, 0.25) is 11.8 Å². The van der Waals surface area contributed by atoms with Crippen molar-refractivity contribution < 1.29 is 24.2 Å². The summed E-state index contributed by atoms with van der Waals surface area (Å²) in [5.74, 6) is -0.938. The Labute approximate surface area is 226 Å². The van der Waals surface area contributed by atoms with Crippen molar-refractivity contribution in [3.63, 3.8) is 0 Å². The summed E-state index contributed by atoms with van der Waals surface area (Å²) >= 11 is 0. The monoisotopic (exact) mass is 525 g/mol. The molecule has 2 aromatic rings. The number of amides is 3. The maximum Gasteiger partial charge on any atom is 0.408 e. The number of nitrogens with one attached hydrogen (secondary N) is 2. The van der Waals surface area contributed by atoms with Gasteiger partial charge in [-0.15, -0.1) is 0 Å². The van der Waals surface area contributed by atoms with E-state index in [1.165, 1.54) is 4.90 Å². The fourth-order valence-corrected chi connectivity index (χ4v) is 3.98. The molecule has 8 nitrogen and oxygen atoms in total. The van der Waals surface area contributed by atoms with E-state index in [4.69, 9.17) is 4.74 Å². The zero-order valence-corrected chi connectivity index (χ0v) is 23.7. The lowest BCUT2D eigenvalue weighted by Crippen LogP contribution is -2.60. The highest BCUT2D eigenvalue weighted by Crippen LogP contribution is 2.32. The number of benzene rings is 2. The highest BCUT2D eigenvalue weighted by Gasteiger charge is 2.43. The SMILES string of the molecule is CCc1ccc(C(C(=O)NCc2ccccc2)N(C(=O)C(CO)NC(=O)OC(C)(C)C)C(C)(C)CC)cc1. The minimum Gasteiger partial charge on any atom is -0.444 e. The van der Waals surface area contributed by atoms with E-state index in [1.54, 1.807) is 20.8 Å². The minimum absolute atomic E-state index is 0.289. The normalized spacial score (nSPS) is 13.3. The van der Waals surface area contributed by atoms with Gasteiger partial charge in [0.15, 0.2) is 0 Å². The predicted molar refractivity (Wildman–Crippen MR) is 148 cm³/mol. The minimum atomic E-state index is -1.30. The van der Waals surface area contributed by atoms with E-state index >= 15 is 0 Å². The van der Waals surface area contributed by atoms with Crippen molar-refractivity contribution in [1.82, 2.24) is 15.5 Å². The van der Waals surface area contributed by atoms with Crippen LogP contribution in [-0.4, -0.2) is 51.7 Å². The molecule has 3 N–H and O–H groups in total. The van der Waals surface area contributed by atoms with Crippen molar-refractivity contribution >= 4 is 17.9 Å². The van der Waals surface area contributed by atoms with Gasteiger partial charge in [-0.3, -0.25) is 9.59 Å². The van der Waals surface area contributed by atoms with E-state index in [0.29, 0.717) is 12.0 Å². The summed E-state index contributed by atoms with van der Waals surface area (Å²) in [6.07, 6.45) is 0.538. The molecule has 0 saturated carbocycles. The van der Waals surface area contributed by atoms with E-state index < -0.39 is 41.8 Å². The number of alkyl carbamates (subject to hydrolysis) is 1. The van der Waals surface area contributed by atoms with Gasteiger partial charge in [0.05, 0.1) is 6.61 Å². The molecular formula is C30H43N3O5. The Balaban J connectivity index is 2.51. The van der Waals surface area contributed by atoms with Gasteiger partial charge in [-0.2, -0.15) is 0 Å². The second-order valence-electron chi connectivity index (χ2n) is 11.0. The van der Waals surface area contributed by atoms with Crippen LogP contribution in [-0.2, 0) is 27.3 Å². The number of ether oxygens (including phenoxy) is 1. The van der Waals surface area contributed by atoms with Gasteiger partial charge in [-0.25, -0.2) is 4.79 Å². The van der Waals surface area contributed by atoms with E-state index in [2.05, 4.69) is 10.6 Å². The molecule has 8 heteroatoms. The number of aryl methyl sites for hydroxylation is 1. The fourth-order valence-electron chi connectivity index (χ4n) is 3.98. The number of aliphatic hydroxyl groups excluding tert-OH is 1. The first-order valence-corrected chi connectivity index (χ1v) is 13.2. The molecule has 3 amide bonds. The Hall–Kier alpha value is -3.39. The smallest absolute Gasteiger partial charge is 0.408 e. The van der Waals surface area contributed by atoms with Crippen molar-refractivity contribution in [3.05, 3.63) is 71.3 Å². The number of hydrogen-bond donors (Lipinski definition) is 3. The summed E-state index contributed by atoms with van der Waals surface area (Å²) in [7, 11) is 0. The Morgan fingerprint density at radius 2 is 1.53 bits per heavy atom. The molecule has 0 aliphatic carbocycles. The molecule has 0 aromatic heterocycles. The number of carbonyl (C=O) groups excluding carboxylic acids is 3.